The van der Waals surface area contributed by atoms with Crippen LogP contribution in [0.2, 0.25) is 0 Å². The lowest BCUT2D eigenvalue weighted by molar-refractivity contribution is 0.628. The molecule has 0 fully saturated rings. The molecule has 96 valence electrons. The fraction of sp³-hybridized carbons (Fsp3) is 0.214. The van der Waals surface area contributed by atoms with Crippen molar-refractivity contribution < 1.29 is 4.39 Å². The Morgan fingerprint density at radius 3 is 2.68 bits per heavy atom. The maximum atomic E-state index is 12.9. The Balaban J connectivity index is 2.26. The average molecular weight is 256 g/mol. The van der Waals surface area contributed by atoms with Crippen LogP contribution in [0.1, 0.15) is 12.2 Å². The van der Waals surface area contributed by atoms with Crippen LogP contribution in [0.5, 0.6) is 0 Å². The van der Waals surface area contributed by atoms with Crippen LogP contribution in [-0.4, -0.2) is 16.5 Å². The maximum absolute atomic E-state index is 12.9. The van der Waals surface area contributed by atoms with Gasteiger partial charge in [-0.05, 0) is 31.2 Å². The van der Waals surface area contributed by atoms with Gasteiger partial charge in [-0.25, -0.2) is 14.4 Å². The zero-order valence-corrected chi connectivity index (χ0v) is 10.5. The van der Waals surface area contributed by atoms with E-state index in [4.69, 9.17) is 5.26 Å². The molecule has 0 saturated carbocycles. The maximum Gasteiger partial charge on any atom is 0.130 e. The number of nitrogens with one attached hydrogen (secondary N) is 1. The lowest BCUT2D eigenvalue weighted by Gasteiger charge is -2.07. The van der Waals surface area contributed by atoms with Crippen LogP contribution < -0.4 is 5.32 Å². The second-order valence-electron chi connectivity index (χ2n) is 4.03. The van der Waals surface area contributed by atoms with Crippen LogP contribution in [0, 0.1) is 24.1 Å². The van der Waals surface area contributed by atoms with Crippen LogP contribution in [0.25, 0.3) is 11.3 Å². The van der Waals surface area contributed by atoms with Gasteiger partial charge >= 0.3 is 0 Å². The third-order valence-corrected chi connectivity index (χ3v) is 2.52. The Kier molecular flexibility index (Phi) is 4.04. The van der Waals surface area contributed by atoms with Crippen molar-refractivity contribution in [3.05, 3.63) is 42.0 Å². The Labute approximate surface area is 110 Å². The Bertz CT molecular complexity index is 602. The lowest BCUT2D eigenvalue weighted by atomic mass is 10.1. The van der Waals surface area contributed by atoms with Gasteiger partial charge in [0.05, 0.1) is 18.2 Å². The van der Waals surface area contributed by atoms with E-state index in [2.05, 4.69) is 21.4 Å². The van der Waals surface area contributed by atoms with E-state index in [0.29, 0.717) is 24.6 Å². The van der Waals surface area contributed by atoms with E-state index in [-0.39, 0.29) is 5.82 Å². The zero-order chi connectivity index (χ0) is 13.7. The van der Waals surface area contributed by atoms with Gasteiger partial charge in [-0.2, -0.15) is 5.26 Å². The molecule has 1 heterocycles. The Morgan fingerprint density at radius 1 is 1.26 bits per heavy atom. The highest BCUT2D eigenvalue weighted by Gasteiger charge is 2.04. The van der Waals surface area contributed by atoms with Gasteiger partial charge in [0.25, 0.3) is 0 Å². The molecule has 0 saturated heterocycles. The van der Waals surface area contributed by atoms with E-state index in [0.717, 1.165) is 11.3 Å². The molecule has 0 amide bonds. The van der Waals surface area contributed by atoms with Crippen molar-refractivity contribution in [1.82, 2.24) is 9.97 Å². The van der Waals surface area contributed by atoms with E-state index in [1.807, 2.05) is 0 Å². The minimum Gasteiger partial charge on any atom is -0.369 e. The van der Waals surface area contributed by atoms with Gasteiger partial charge in [-0.15, -0.1) is 0 Å². The van der Waals surface area contributed by atoms with Crippen molar-refractivity contribution in [2.45, 2.75) is 13.3 Å². The smallest absolute Gasteiger partial charge is 0.130 e. The van der Waals surface area contributed by atoms with Gasteiger partial charge in [0.2, 0.25) is 0 Å². The first-order chi connectivity index (χ1) is 9.19. The summed E-state index contributed by atoms with van der Waals surface area (Å²) < 4.78 is 12.9. The topological polar surface area (TPSA) is 61.6 Å². The summed E-state index contributed by atoms with van der Waals surface area (Å²) in [6.45, 7) is 2.33. The zero-order valence-electron chi connectivity index (χ0n) is 10.5. The van der Waals surface area contributed by atoms with Gasteiger partial charge in [0, 0.05) is 18.2 Å². The molecule has 1 aromatic carbocycles. The number of nitrogens with zero attached hydrogens (tertiary/aromatic N) is 3. The van der Waals surface area contributed by atoms with Crippen LogP contribution in [0.4, 0.5) is 10.2 Å². The number of aromatic nitrogens is 2. The van der Waals surface area contributed by atoms with E-state index >= 15 is 0 Å². The highest BCUT2D eigenvalue weighted by Crippen LogP contribution is 2.20. The summed E-state index contributed by atoms with van der Waals surface area (Å²) in [4.78, 5) is 8.57. The molecule has 1 N–H and O–H groups in total. The van der Waals surface area contributed by atoms with Gasteiger partial charge in [-0.1, -0.05) is 0 Å². The number of nitriles is 1. The molecule has 0 aliphatic heterocycles. The normalized spacial score (nSPS) is 9.95. The van der Waals surface area contributed by atoms with Crippen molar-refractivity contribution in [2.75, 3.05) is 11.9 Å². The SMILES string of the molecule is Cc1nc(NCCC#N)cc(-c2ccc(F)cc2)n1. The fourth-order valence-corrected chi connectivity index (χ4v) is 1.67. The van der Waals surface area contributed by atoms with Crippen molar-refractivity contribution >= 4 is 5.82 Å². The molecular formula is C14H13FN4. The summed E-state index contributed by atoms with van der Waals surface area (Å²) in [5.41, 5.74) is 1.56. The van der Waals surface area contributed by atoms with E-state index in [9.17, 15) is 4.39 Å². The third-order valence-electron chi connectivity index (χ3n) is 2.52. The molecule has 2 aromatic rings. The molecule has 0 unspecified atom stereocenters. The first-order valence-corrected chi connectivity index (χ1v) is 5.91. The summed E-state index contributed by atoms with van der Waals surface area (Å²) in [5, 5.41) is 11.6. The van der Waals surface area contributed by atoms with Gasteiger partial charge < -0.3 is 5.32 Å². The molecule has 0 spiro atoms. The summed E-state index contributed by atoms with van der Waals surface area (Å²) in [6.07, 6.45) is 0.412. The molecule has 0 atom stereocenters. The molecule has 0 radical (unpaired) electrons. The predicted molar refractivity (Wildman–Crippen MR) is 70.9 cm³/mol. The molecule has 2 rings (SSSR count). The number of halogens is 1. The predicted octanol–water partition coefficient (Wildman–Crippen LogP) is 2.92. The summed E-state index contributed by atoms with van der Waals surface area (Å²) in [5.74, 6) is 1.02. The molecule has 19 heavy (non-hydrogen) atoms. The van der Waals surface area contributed by atoms with Crippen LogP contribution in [-0.2, 0) is 0 Å². The van der Waals surface area contributed by atoms with Gasteiger partial charge in [0.1, 0.15) is 17.5 Å². The van der Waals surface area contributed by atoms with Crippen molar-refractivity contribution in [3.8, 4) is 17.3 Å². The van der Waals surface area contributed by atoms with E-state index < -0.39 is 0 Å². The number of hydrogen-bond acceptors (Lipinski definition) is 4. The quantitative estimate of drug-likeness (QED) is 0.854. The molecule has 0 bridgehead atoms. The number of anilines is 1. The number of benzene rings is 1. The third kappa shape index (κ3) is 3.49. The summed E-state index contributed by atoms with van der Waals surface area (Å²) in [6, 6.07) is 10.00. The van der Waals surface area contributed by atoms with Crippen molar-refractivity contribution in [2.24, 2.45) is 0 Å². The molecule has 5 heteroatoms. The van der Waals surface area contributed by atoms with E-state index in [1.165, 1.54) is 12.1 Å². The minimum atomic E-state index is -0.276. The fourth-order valence-electron chi connectivity index (χ4n) is 1.67. The molecule has 0 aliphatic rings. The second-order valence-corrected chi connectivity index (χ2v) is 4.03. The highest BCUT2D eigenvalue weighted by atomic mass is 19.1. The van der Waals surface area contributed by atoms with Crippen LogP contribution in [0.15, 0.2) is 30.3 Å². The number of hydrogen-bond donors (Lipinski definition) is 1. The summed E-state index contributed by atoms with van der Waals surface area (Å²) in [7, 11) is 0. The standard InChI is InChI=1S/C14H13FN4/c1-10-18-13(11-3-5-12(15)6-4-11)9-14(19-10)17-8-2-7-16/h3-6,9H,2,8H2,1H3,(H,17,18,19). The highest BCUT2D eigenvalue weighted by molar-refractivity contribution is 5.62. The van der Waals surface area contributed by atoms with Crippen molar-refractivity contribution in [1.29, 1.82) is 5.26 Å². The average Bonchev–Trinajstić information content (AvgIpc) is 2.39. The molecule has 4 nitrogen and oxygen atoms in total. The second kappa shape index (κ2) is 5.91. The number of rotatable bonds is 4. The van der Waals surface area contributed by atoms with Crippen LogP contribution >= 0.6 is 0 Å². The van der Waals surface area contributed by atoms with Crippen molar-refractivity contribution in [3.63, 3.8) is 0 Å². The lowest BCUT2D eigenvalue weighted by Crippen LogP contribution is -2.04. The monoisotopic (exact) mass is 256 g/mol. The first-order valence-electron chi connectivity index (χ1n) is 5.91. The van der Waals surface area contributed by atoms with E-state index in [1.54, 1.807) is 25.1 Å². The molecule has 0 aliphatic carbocycles. The largest absolute Gasteiger partial charge is 0.369 e. The molecule has 1 aromatic heterocycles. The minimum absolute atomic E-state index is 0.276. The van der Waals surface area contributed by atoms with Gasteiger partial charge in [0.15, 0.2) is 0 Å². The Hall–Kier alpha value is -2.48. The summed E-state index contributed by atoms with van der Waals surface area (Å²) >= 11 is 0. The first kappa shape index (κ1) is 13.0. The van der Waals surface area contributed by atoms with Gasteiger partial charge in [-0.3, -0.25) is 0 Å². The number of aryl methyl sites for hydroxylation is 1. The van der Waals surface area contributed by atoms with Crippen LogP contribution in [0.3, 0.4) is 0 Å². The molecular weight excluding hydrogens is 243 g/mol. The Morgan fingerprint density at radius 2 is 2.00 bits per heavy atom.